The van der Waals surface area contributed by atoms with Crippen molar-refractivity contribution in [2.75, 3.05) is 6.54 Å². The summed E-state index contributed by atoms with van der Waals surface area (Å²) in [6.07, 6.45) is 2.19. The van der Waals surface area contributed by atoms with Crippen LogP contribution in [-0.4, -0.2) is 32.1 Å². The summed E-state index contributed by atoms with van der Waals surface area (Å²) in [6.45, 7) is 2.94. The Morgan fingerprint density at radius 1 is 1.29 bits per heavy atom. The molecular formula is C14H16N6O. The molecule has 0 saturated heterocycles. The molecular weight excluding hydrogens is 268 g/mol. The second-order valence-electron chi connectivity index (χ2n) is 4.59. The first kappa shape index (κ1) is 13.4. The minimum absolute atomic E-state index is 0.141. The maximum atomic E-state index is 5.30. The number of likely N-dealkylation sites (N-methyl/N-ethyl adjacent to an activating group) is 1. The van der Waals surface area contributed by atoms with Crippen LogP contribution in [0.5, 0.6) is 0 Å². The van der Waals surface area contributed by atoms with Gasteiger partial charge < -0.3 is 9.84 Å². The smallest absolute Gasteiger partial charge is 0.228 e. The number of rotatable bonds is 6. The Bertz CT molecular complexity index is 664. The number of nitrogens with zero attached hydrogens (tertiary/aromatic N) is 4. The molecule has 0 bridgehead atoms. The van der Waals surface area contributed by atoms with Crippen molar-refractivity contribution in [2.24, 2.45) is 0 Å². The summed E-state index contributed by atoms with van der Waals surface area (Å²) < 4.78 is 5.30. The van der Waals surface area contributed by atoms with Crippen molar-refractivity contribution in [1.82, 2.24) is 30.9 Å². The van der Waals surface area contributed by atoms with Gasteiger partial charge in [-0.25, -0.2) is 0 Å². The lowest BCUT2D eigenvalue weighted by molar-refractivity contribution is 0.360. The lowest BCUT2D eigenvalue weighted by Crippen LogP contribution is -2.23. The van der Waals surface area contributed by atoms with Gasteiger partial charge in [0.2, 0.25) is 11.7 Å². The molecule has 2 aromatic heterocycles. The first-order valence-electron chi connectivity index (χ1n) is 6.84. The average Bonchev–Trinajstić information content (AvgIpc) is 3.19. The second kappa shape index (κ2) is 6.27. The highest BCUT2D eigenvalue weighted by molar-refractivity contribution is 5.44. The van der Waals surface area contributed by atoms with E-state index in [4.69, 9.17) is 4.52 Å². The molecule has 3 aromatic rings. The van der Waals surface area contributed by atoms with Gasteiger partial charge in [0.05, 0.1) is 6.20 Å². The van der Waals surface area contributed by atoms with Crippen LogP contribution in [0.25, 0.3) is 11.5 Å². The van der Waals surface area contributed by atoms with Crippen LogP contribution in [0.3, 0.4) is 0 Å². The first-order valence-corrected chi connectivity index (χ1v) is 6.84. The summed E-state index contributed by atoms with van der Waals surface area (Å²) in [5.41, 5.74) is 1.77. The van der Waals surface area contributed by atoms with Gasteiger partial charge in [-0.3, -0.25) is 0 Å². The number of nitrogens with one attached hydrogen (secondary N) is 2. The summed E-state index contributed by atoms with van der Waals surface area (Å²) in [5.74, 6) is 1.02. The predicted molar refractivity (Wildman–Crippen MR) is 76.2 cm³/mol. The Morgan fingerprint density at radius 3 is 2.86 bits per heavy atom. The van der Waals surface area contributed by atoms with Crippen LogP contribution in [0.1, 0.15) is 24.4 Å². The van der Waals surface area contributed by atoms with E-state index in [0.717, 1.165) is 6.54 Å². The number of H-pyrrole nitrogens is 1. The highest BCUT2D eigenvalue weighted by atomic mass is 16.5. The van der Waals surface area contributed by atoms with Crippen molar-refractivity contribution in [1.29, 1.82) is 0 Å². The Kier molecular flexibility index (Phi) is 4.02. The number of benzene rings is 1. The second-order valence-corrected chi connectivity index (χ2v) is 4.59. The highest BCUT2D eigenvalue weighted by Crippen LogP contribution is 2.19. The van der Waals surface area contributed by atoms with Crippen molar-refractivity contribution < 1.29 is 4.52 Å². The molecule has 3 rings (SSSR count). The Labute approximate surface area is 121 Å². The minimum atomic E-state index is 0.141. The summed E-state index contributed by atoms with van der Waals surface area (Å²) in [6, 6.07) is 10.4. The van der Waals surface area contributed by atoms with E-state index in [1.54, 1.807) is 6.20 Å². The van der Waals surface area contributed by atoms with Crippen LogP contribution in [0.4, 0.5) is 0 Å². The molecule has 0 aliphatic heterocycles. The van der Waals surface area contributed by atoms with Gasteiger partial charge in [0.15, 0.2) is 5.69 Å². The zero-order chi connectivity index (χ0) is 14.5. The largest absolute Gasteiger partial charge is 0.339 e. The third kappa shape index (κ3) is 3.14. The zero-order valence-electron chi connectivity index (χ0n) is 11.7. The van der Waals surface area contributed by atoms with E-state index < -0.39 is 0 Å². The van der Waals surface area contributed by atoms with E-state index in [9.17, 15) is 0 Å². The highest BCUT2D eigenvalue weighted by Gasteiger charge is 2.17. The lowest BCUT2D eigenvalue weighted by Gasteiger charge is -2.16. The Morgan fingerprint density at radius 2 is 2.14 bits per heavy atom. The topological polar surface area (TPSA) is 92.5 Å². The molecule has 1 atom stereocenters. The van der Waals surface area contributed by atoms with Gasteiger partial charge in [-0.15, -0.1) is 0 Å². The van der Waals surface area contributed by atoms with Crippen LogP contribution in [-0.2, 0) is 6.42 Å². The molecule has 2 heterocycles. The maximum Gasteiger partial charge on any atom is 0.228 e. The van der Waals surface area contributed by atoms with Crippen molar-refractivity contribution in [3.63, 3.8) is 0 Å². The van der Waals surface area contributed by atoms with Gasteiger partial charge in [-0.05, 0) is 12.1 Å². The third-order valence-electron chi connectivity index (χ3n) is 3.14. The standard InChI is InChI=1S/C14H16N6O/c1-2-15-11(10-6-4-3-5-7-10)8-13-17-14(19-21-13)12-9-16-20-18-12/h3-7,9,11,15H,2,8H2,1H3,(H,16,18,20). The summed E-state index contributed by atoms with van der Waals surface area (Å²) in [7, 11) is 0. The Balaban J connectivity index is 1.77. The molecule has 0 aliphatic carbocycles. The first-order chi connectivity index (χ1) is 10.4. The molecule has 0 spiro atoms. The normalized spacial score (nSPS) is 12.4. The van der Waals surface area contributed by atoms with Gasteiger partial charge in [-0.1, -0.05) is 42.4 Å². The van der Waals surface area contributed by atoms with Gasteiger partial charge in [0.1, 0.15) is 0 Å². The molecule has 21 heavy (non-hydrogen) atoms. The van der Waals surface area contributed by atoms with E-state index in [2.05, 4.69) is 49.9 Å². The van der Waals surface area contributed by atoms with Gasteiger partial charge >= 0.3 is 0 Å². The number of aromatic nitrogens is 5. The van der Waals surface area contributed by atoms with Crippen molar-refractivity contribution in [3.8, 4) is 11.5 Å². The van der Waals surface area contributed by atoms with Crippen molar-refractivity contribution in [2.45, 2.75) is 19.4 Å². The van der Waals surface area contributed by atoms with E-state index >= 15 is 0 Å². The van der Waals surface area contributed by atoms with Crippen LogP contribution in [0.2, 0.25) is 0 Å². The molecule has 0 saturated carbocycles. The molecule has 1 unspecified atom stereocenters. The van der Waals surface area contributed by atoms with Crippen LogP contribution in [0.15, 0.2) is 41.1 Å². The monoisotopic (exact) mass is 284 g/mol. The summed E-state index contributed by atoms with van der Waals surface area (Å²) in [5, 5.41) is 17.6. The molecule has 7 nitrogen and oxygen atoms in total. The van der Waals surface area contributed by atoms with Gasteiger partial charge in [0.25, 0.3) is 0 Å². The average molecular weight is 284 g/mol. The third-order valence-corrected chi connectivity index (χ3v) is 3.14. The quantitative estimate of drug-likeness (QED) is 0.716. The molecule has 1 aromatic carbocycles. The summed E-state index contributed by atoms with van der Waals surface area (Å²) >= 11 is 0. The minimum Gasteiger partial charge on any atom is -0.339 e. The van der Waals surface area contributed by atoms with Crippen LogP contribution >= 0.6 is 0 Å². The molecule has 2 N–H and O–H groups in total. The molecule has 0 aliphatic rings. The molecule has 108 valence electrons. The molecule has 0 amide bonds. The maximum absolute atomic E-state index is 5.30. The molecule has 0 radical (unpaired) electrons. The number of aromatic amines is 1. The van der Waals surface area contributed by atoms with Gasteiger partial charge in [-0.2, -0.15) is 20.4 Å². The Hall–Kier alpha value is -2.54. The predicted octanol–water partition coefficient (Wildman–Crippen LogP) is 1.75. The van der Waals surface area contributed by atoms with E-state index in [1.807, 2.05) is 18.2 Å². The fourth-order valence-electron chi connectivity index (χ4n) is 2.17. The van der Waals surface area contributed by atoms with E-state index in [-0.39, 0.29) is 6.04 Å². The van der Waals surface area contributed by atoms with Crippen LogP contribution < -0.4 is 5.32 Å². The van der Waals surface area contributed by atoms with E-state index in [1.165, 1.54) is 5.56 Å². The van der Waals surface area contributed by atoms with E-state index in [0.29, 0.717) is 23.8 Å². The fraction of sp³-hybridized carbons (Fsp3) is 0.286. The fourth-order valence-corrected chi connectivity index (χ4v) is 2.17. The molecule has 7 heteroatoms. The van der Waals surface area contributed by atoms with Crippen molar-refractivity contribution >= 4 is 0 Å². The van der Waals surface area contributed by atoms with Gasteiger partial charge in [0, 0.05) is 12.5 Å². The molecule has 0 fully saturated rings. The van der Waals surface area contributed by atoms with Crippen LogP contribution in [0, 0.1) is 0 Å². The van der Waals surface area contributed by atoms with Crippen molar-refractivity contribution in [3.05, 3.63) is 48.0 Å². The number of hydrogen-bond acceptors (Lipinski definition) is 6. The zero-order valence-corrected chi connectivity index (χ0v) is 11.7. The number of hydrogen-bond donors (Lipinski definition) is 2. The summed E-state index contributed by atoms with van der Waals surface area (Å²) in [4.78, 5) is 4.36. The lowest BCUT2D eigenvalue weighted by atomic mass is 10.0. The SMILES string of the molecule is CCNC(Cc1nc(-c2cn[nH]n2)no1)c1ccccc1.